The number of pyridine rings is 1. The summed E-state index contributed by atoms with van der Waals surface area (Å²) in [6.45, 7) is 2.41. The Kier molecular flexibility index (Phi) is 5.02. The third kappa shape index (κ3) is 3.27. The van der Waals surface area contributed by atoms with Crippen LogP contribution in [0.4, 0.5) is 4.39 Å². The highest BCUT2D eigenvalue weighted by molar-refractivity contribution is 14.1. The summed E-state index contributed by atoms with van der Waals surface area (Å²) in [7, 11) is 0. The van der Waals surface area contributed by atoms with Crippen molar-refractivity contribution >= 4 is 22.6 Å². The summed E-state index contributed by atoms with van der Waals surface area (Å²) >= 11 is 1.97. The smallest absolute Gasteiger partial charge is 0.264 e. The van der Waals surface area contributed by atoms with Crippen LogP contribution in [0.5, 0.6) is 5.75 Å². The lowest BCUT2D eigenvalue weighted by molar-refractivity contribution is 0.368. The summed E-state index contributed by atoms with van der Waals surface area (Å²) in [6, 6.07) is 7.93. The van der Waals surface area contributed by atoms with Crippen LogP contribution in [-0.2, 0) is 6.54 Å². The number of nitrogens with zero attached hydrogens (tertiary/aromatic N) is 1. The summed E-state index contributed by atoms with van der Waals surface area (Å²) in [4.78, 5) is 12.1. The maximum absolute atomic E-state index is 14.3. The molecule has 2 aromatic rings. The highest BCUT2D eigenvalue weighted by Gasteiger charge is 2.12. The molecule has 0 aliphatic heterocycles. The molecule has 1 aromatic heterocycles. The Morgan fingerprint density at radius 1 is 1.38 bits per heavy atom. The molecule has 0 amide bonds. The topological polar surface area (TPSA) is 31.2 Å². The van der Waals surface area contributed by atoms with E-state index in [0.29, 0.717) is 27.1 Å². The molecule has 0 aliphatic rings. The van der Waals surface area contributed by atoms with E-state index in [4.69, 9.17) is 11.2 Å². The van der Waals surface area contributed by atoms with Gasteiger partial charge in [-0.15, -0.1) is 6.42 Å². The van der Waals surface area contributed by atoms with Crippen molar-refractivity contribution in [2.45, 2.75) is 13.5 Å². The van der Waals surface area contributed by atoms with Gasteiger partial charge in [-0.2, -0.15) is 0 Å². The third-order valence-corrected chi connectivity index (χ3v) is 3.80. The number of aromatic nitrogens is 1. The lowest BCUT2D eigenvalue weighted by atomic mass is 10.1. The van der Waals surface area contributed by atoms with Crippen molar-refractivity contribution in [2.75, 3.05) is 6.61 Å². The van der Waals surface area contributed by atoms with Gasteiger partial charge in [-0.05, 0) is 53.8 Å². The van der Waals surface area contributed by atoms with Gasteiger partial charge in [-0.3, -0.25) is 4.79 Å². The van der Waals surface area contributed by atoms with Crippen molar-refractivity contribution in [1.29, 1.82) is 0 Å². The molecule has 0 saturated carbocycles. The van der Waals surface area contributed by atoms with E-state index < -0.39 is 5.82 Å². The van der Waals surface area contributed by atoms with Crippen LogP contribution in [0.25, 0.3) is 11.3 Å². The average molecular weight is 397 g/mol. The first-order valence-electron chi connectivity index (χ1n) is 6.34. The monoisotopic (exact) mass is 397 g/mol. The van der Waals surface area contributed by atoms with Crippen molar-refractivity contribution in [3.8, 4) is 29.4 Å². The first-order valence-corrected chi connectivity index (χ1v) is 7.42. The molecule has 0 saturated heterocycles. The number of hydrogen-bond donors (Lipinski definition) is 0. The molecular formula is C16H13FINO2. The Morgan fingerprint density at radius 2 is 2.14 bits per heavy atom. The van der Waals surface area contributed by atoms with Gasteiger partial charge in [-0.1, -0.05) is 5.92 Å². The fourth-order valence-electron chi connectivity index (χ4n) is 2.02. The van der Waals surface area contributed by atoms with Crippen molar-refractivity contribution in [1.82, 2.24) is 4.57 Å². The van der Waals surface area contributed by atoms with E-state index in [-0.39, 0.29) is 12.2 Å². The molecule has 0 fully saturated rings. The molecule has 0 aliphatic carbocycles. The molecular weight excluding hydrogens is 384 g/mol. The van der Waals surface area contributed by atoms with Gasteiger partial charge in [0.25, 0.3) is 5.56 Å². The van der Waals surface area contributed by atoms with E-state index in [1.54, 1.807) is 28.8 Å². The van der Waals surface area contributed by atoms with Gasteiger partial charge < -0.3 is 9.30 Å². The minimum Gasteiger partial charge on any atom is -0.481 e. The quantitative estimate of drug-likeness (QED) is 0.586. The van der Waals surface area contributed by atoms with E-state index >= 15 is 0 Å². The zero-order valence-electron chi connectivity index (χ0n) is 11.4. The molecule has 5 heteroatoms. The van der Waals surface area contributed by atoms with E-state index in [0.717, 1.165) is 0 Å². The fraction of sp³-hybridized carbons (Fsp3) is 0.188. The second-order valence-electron chi connectivity index (χ2n) is 4.25. The Hall–Kier alpha value is -1.81. The van der Waals surface area contributed by atoms with Crippen molar-refractivity contribution in [3.05, 3.63) is 50.1 Å². The SMILES string of the molecule is C#CCOc1ccc(-c2ccc(I)c(=O)n2CC)c(F)c1. The van der Waals surface area contributed by atoms with Gasteiger partial charge >= 0.3 is 0 Å². The lowest BCUT2D eigenvalue weighted by Gasteiger charge is -2.13. The Labute approximate surface area is 135 Å². The Balaban J connectivity index is 2.51. The summed E-state index contributed by atoms with van der Waals surface area (Å²) in [5, 5.41) is 0. The molecule has 0 spiro atoms. The lowest BCUT2D eigenvalue weighted by Crippen LogP contribution is -2.23. The van der Waals surface area contributed by atoms with E-state index in [1.807, 2.05) is 29.5 Å². The Bertz CT molecular complexity index is 762. The standard InChI is InChI=1S/C16H13FINO2/c1-3-9-21-11-5-6-12(13(17)10-11)15-8-7-14(18)16(20)19(15)4-2/h1,5-8,10H,4,9H2,2H3. The average Bonchev–Trinajstić information content (AvgIpc) is 2.48. The number of rotatable bonds is 4. The molecule has 0 bridgehead atoms. The fourth-order valence-corrected chi connectivity index (χ4v) is 2.49. The first kappa shape index (κ1) is 15.6. The van der Waals surface area contributed by atoms with Crippen molar-refractivity contribution in [2.24, 2.45) is 0 Å². The number of benzene rings is 1. The molecule has 0 atom stereocenters. The molecule has 0 N–H and O–H groups in total. The molecule has 0 radical (unpaired) electrons. The van der Waals surface area contributed by atoms with Gasteiger partial charge in [-0.25, -0.2) is 4.39 Å². The van der Waals surface area contributed by atoms with Crippen molar-refractivity contribution < 1.29 is 9.13 Å². The highest BCUT2D eigenvalue weighted by atomic mass is 127. The normalized spacial score (nSPS) is 10.2. The van der Waals surface area contributed by atoms with Gasteiger partial charge in [0.05, 0.1) is 9.26 Å². The molecule has 1 aromatic carbocycles. The summed E-state index contributed by atoms with van der Waals surface area (Å²) in [6.07, 6.45) is 5.10. The minimum absolute atomic E-state index is 0.0853. The van der Waals surface area contributed by atoms with Gasteiger partial charge in [0.15, 0.2) is 0 Å². The van der Waals surface area contributed by atoms with Crippen LogP contribution in [0.15, 0.2) is 35.1 Å². The molecule has 108 valence electrons. The predicted molar refractivity (Wildman–Crippen MR) is 88.8 cm³/mol. The molecule has 1 heterocycles. The van der Waals surface area contributed by atoms with E-state index in [1.165, 1.54) is 6.07 Å². The second-order valence-corrected chi connectivity index (χ2v) is 5.41. The van der Waals surface area contributed by atoms with Crippen LogP contribution in [0.1, 0.15) is 6.92 Å². The van der Waals surface area contributed by atoms with Crippen LogP contribution in [0.3, 0.4) is 0 Å². The first-order chi connectivity index (χ1) is 10.1. The molecule has 0 unspecified atom stereocenters. The zero-order valence-corrected chi connectivity index (χ0v) is 13.6. The van der Waals surface area contributed by atoms with Crippen LogP contribution < -0.4 is 10.3 Å². The maximum Gasteiger partial charge on any atom is 0.264 e. The third-order valence-electron chi connectivity index (χ3n) is 2.98. The zero-order chi connectivity index (χ0) is 15.4. The van der Waals surface area contributed by atoms with Crippen molar-refractivity contribution in [3.63, 3.8) is 0 Å². The summed E-state index contributed by atoms with van der Waals surface area (Å²) in [5.74, 6) is 2.24. The predicted octanol–water partition coefficient (Wildman–Crippen LogP) is 3.29. The minimum atomic E-state index is -0.452. The van der Waals surface area contributed by atoms with Crippen LogP contribution in [0.2, 0.25) is 0 Å². The maximum atomic E-state index is 14.3. The summed E-state index contributed by atoms with van der Waals surface area (Å²) in [5.41, 5.74) is 0.782. The van der Waals surface area contributed by atoms with Gasteiger partial charge in [0.2, 0.25) is 0 Å². The summed E-state index contributed by atoms with van der Waals surface area (Å²) < 4.78 is 21.6. The van der Waals surface area contributed by atoms with Crippen LogP contribution >= 0.6 is 22.6 Å². The van der Waals surface area contributed by atoms with E-state index in [9.17, 15) is 9.18 Å². The molecule has 2 rings (SSSR count). The van der Waals surface area contributed by atoms with E-state index in [2.05, 4.69) is 5.92 Å². The number of terminal acetylenes is 1. The Morgan fingerprint density at radius 3 is 2.76 bits per heavy atom. The highest BCUT2D eigenvalue weighted by Crippen LogP contribution is 2.26. The van der Waals surface area contributed by atoms with Crippen LogP contribution in [-0.4, -0.2) is 11.2 Å². The second kappa shape index (κ2) is 6.76. The number of halogens is 2. The van der Waals surface area contributed by atoms with Gasteiger partial charge in [0, 0.05) is 18.2 Å². The number of hydrogen-bond acceptors (Lipinski definition) is 2. The van der Waals surface area contributed by atoms with Gasteiger partial charge in [0.1, 0.15) is 18.2 Å². The van der Waals surface area contributed by atoms with Crippen LogP contribution in [0, 0.1) is 21.7 Å². The number of ether oxygens (including phenoxy) is 1. The largest absolute Gasteiger partial charge is 0.481 e. The molecule has 3 nitrogen and oxygen atoms in total. The molecule has 21 heavy (non-hydrogen) atoms.